The first-order valence-corrected chi connectivity index (χ1v) is 8.86. The van der Waals surface area contributed by atoms with E-state index in [1.165, 1.54) is 25.5 Å². The van der Waals surface area contributed by atoms with E-state index in [0.29, 0.717) is 17.9 Å². The highest BCUT2D eigenvalue weighted by molar-refractivity contribution is 7.91. The zero-order chi connectivity index (χ0) is 12.5. The number of rotatable bonds is 2. The number of hydrogen-bond donors (Lipinski definition) is 1. The van der Waals surface area contributed by atoms with E-state index in [-0.39, 0.29) is 5.25 Å². The van der Waals surface area contributed by atoms with Crippen LogP contribution in [0.4, 0.5) is 0 Å². The standard InChI is InChI=1S/C13H25NO2S/c1-10-5-4-8-14-13(10)11-6-3-7-12(9-11)17(2,15)16/h10-14H,3-9H2,1-2H3. The van der Waals surface area contributed by atoms with Gasteiger partial charge in [-0.25, -0.2) is 8.42 Å². The summed E-state index contributed by atoms with van der Waals surface area (Å²) >= 11 is 0. The molecule has 0 bridgehead atoms. The summed E-state index contributed by atoms with van der Waals surface area (Å²) in [6.07, 6.45) is 7.98. The Balaban J connectivity index is 2.01. The maximum Gasteiger partial charge on any atom is 0.150 e. The highest BCUT2D eigenvalue weighted by Crippen LogP contribution is 2.34. The van der Waals surface area contributed by atoms with Crippen LogP contribution in [0, 0.1) is 11.8 Å². The van der Waals surface area contributed by atoms with Gasteiger partial charge in [-0.2, -0.15) is 0 Å². The molecule has 4 unspecified atom stereocenters. The fourth-order valence-corrected chi connectivity index (χ4v) is 4.79. The summed E-state index contributed by atoms with van der Waals surface area (Å²) in [6.45, 7) is 3.41. The Hall–Kier alpha value is -0.0900. The Labute approximate surface area is 105 Å². The molecule has 2 aliphatic rings. The Bertz CT molecular complexity index is 352. The van der Waals surface area contributed by atoms with Crippen molar-refractivity contribution in [2.75, 3.05) is 12.8 Å². The van der Waals surface area contributed by atoms with Crippen LogP contribution in [0.5, 0.6) is 0 Å². The Kier molecular flexibility index (Phi) is 4.14. The van der Waals surface area contributed by atoms with Gasteiger partial charge in [-0.3, -0.25) is 0 Å². The van der Waals surface area contributed by atoms with Gasteiger partial charge in [-0.05, 0) is 50.5 Å². The van der Waals surface area contributed by atoms with Gasteiger partial charge < -0.3 is 5.32 Å². The van der Waals surface area contributed by atoms with Gasteiger partial charge in [0.15, 0.2) is 0 Å². The number of piperidine rings is 1. The average Bonchev–Trinajstić information content (AvgIpc) is 2.29. The SMILES string of the molecule is CC1CCCNC1C1CCCC(S(C)(=O)=O)C1. The van der Waals surface area contributed by atoms with Crippen LogP contribution in [-0.2, 0) is 9.84 Å². The molecule has 100 valence electrons. The van der Waals surface area contributed by atoms with Crippen molar-refractivity contribution < 1.29 is 8.42 Å². The number of nitrogens with one attached hydrogen (secondary N) is 1. The molecule has 0 aromatic rings. The molecule has 4 heteroatoms. The van der Waals surface area contributed by atoms with Gasteiger partial charge >= 0.3 is 0 Å². The zero-order valence-corrected chi connectivity index (χ0v) is 11.8. The normalized spacial score (nSPS) is 40.1. The lowest BCUT2D eigenvalue weighted by molar-refractivity contribution is 0.183. The maximum absolute atomic E-state index is 11.7. The lowest BCUT2D eigenvalue weighted by Gasteiger charge is -2.40. The molecule has 1 aliphatic carbocycles. The van der Waals surface area contributed by atoms with Crippen molar-refractivity contribution in [3.8, 4) is 0 Å². The van der Waals surface area contributed by atoms with Crippen molar-refractivity contribution in [3.05, 3.63) is 0 Å². The minimum atomic E-state index is -2.84. The highest BCUT2D eigenvalue weighted by Gasteiger charge is 2.35. The minimum absolute atomic E-state index is 0.0859. The van der Waals surface area contributed by atoms with Gasteiger partial charge in [0.25, 0.3) is 0 Å². The summed E-state index contributed by atoms with van der Waals surface area (Å²) in [5.41, 5.74) is 0. The molecule has 0 aromatic heterocycles. The van der Waals surface area contributed by atoms with Gasteiger partial charge in [-0.1, -0.05) is 13.3 Å². The molecule has 2 fully saturated rings. The molecule has 1 aliphatic heterocycles. The van der Waals surface area contributed by atoms with Crippen LogP contribution in [0.3, 0.4) is 0 Å². The topological polar surface area (TPSA) is 46.2 Å². The monoisotopic (exact) mass is 259 g/mol. The minimum Gasteiger partial charge on any atom is -0.313 e. The molecule has 3 nitrogen and oxygen atoms in total. The fraction of sp³-hybridized carbons (Fsp3) is 1.00. The van der Waals surface area contributed by atoms with Crippen molar-refractivity contribution in [3.63, 3.8) is 0 Å². The Morgan fingerprint density at radius 2 is 1.88 bits per heavy atom. The summed E-state index contributed by atoms with van der Waals surface area (Å²) in [6, 6.07) is 0.549. The van der Waals surface area contributed by atoms with Gasteiger partial charge in [0.2, 0.25) is 0 Å². The molecular formula is C13H25NO2S. The average molecular weight is 259 g/mol. The highest BCUT2D eigenvalue weighted by atomic mass is 32.2. The van der Waals surface area contributed by atoms with Crippen LogP contribution in [0.1, 0.15) is 45.4 Å². The second-order valence-corrected chi connectivity index (χ2v) is 8.30. The van der Waals surface area contributed by atoms with Crippen LogP contribution in [0.15, 0.2) is 0 Å². The maximum atomic E-state index is 11.7. The lowest BCUT2D eigenvalue weighted by Crippen LogP contribution is -2.47. The van der Waals surface area contributed by atoms with Crippen LogP contribution < -0.4 is 5.32 Å². The van der Waals surface area contributed by atoms with E-state index in [4.69, 9.17) is 0 Å². The van der Waals surface area contributed by atoms with Crippen LogP contribution in [0.25, 0.3) is 0 Å². The third kappa shape index (κ3) is 3.22. The van der Waals surface area contributed by atoms with E-state index in [9.17, 15) is 8.42 Å². The van der Waals surface area contributed by atoms with E-state index < -0.39 is 9.84 Å². The molecule has 1 N–H and O–H groups in total. The van der Waals surface area contributed by atoms with Gasteiger partial charge in [0.1, 0.15) is 9.84 Å². The summed E-state index contributed by atoms with van der Waals surface area (Å²) in [4.78, 5) is 0. The summed E-state index contributed by atoms with van der Waals surface area (Å²) in [7, 11) is -2.84. The zero-order valence-electron chi connectivity index (χ0n) is 11.0. The first-order chi connectivity index (χ1) is 7.98. The summed E-state index contributed by atoms with van der Waals surface area (Å²) in [5, 5.41) is 3.53. The summed E-state index contributed by atoms with van der Waals surface area (Å²) < 4.78 is 23.4. The first kappa shape index (κ1) is 13.3. The molecular weight excluding hydrogens is 234 g/mol. The third-order valence-electron chi connectivity index (χ3n) is 4.61. The van der Waals surface area contributed by atoms with Crippen molar-refractivity contribution in [1.82, 2.24) is 5.32 Å². The second-order valence-electron chi connectivity index (χ2n) is 5.98. The van der Waals surface area contributed by atoms with Gasteiger partial charge in [-0.15, -0.1) is 0 Å². The van der Waals surface area contributed by atoms with Crippen LogP contribution in [-0.4, -0.2) is 32.5 Å². The quantitative estimate of drug-likeness (QED) is 0.825. The van der Waals surface area contributed by atoms with Crippen LogP contribution in [0.2, 0.25) is 0 Å². The summed E-state index contributed by atoms with van der Waals surface area (Å²) in [5.74, 6) is 1.27. The van der Waals surface area contributed by atoms with E-state index >= 15 is 0 Å². The molecule has 17 heavy (non-hydrogen) atoms. The first-order valence-electron chi connectivity index (χ1n) is 6.90. The molecule has 0 aromatic carbocycles. The molecule has 0 radical (unpaired) electrons. The van der Waals surface area contributed by atoms with E-state index in [0.717, 1.165) is 25.8 Å². The second kappa shape index (κ2) is 5.27. The molecule has 4 atom stereocenters. The molecule has 1 heterocycles. The predicted molar refractivity (Wildman–Crippen MR) is 70.8 cm³/mol. The molecule has 1 saturated carbocycles. The van der Waals surface area contributed by atoms with Crippen molar-refractivity contribution >= 4 is 9.84 Å². The van der Waals surface area contributed by atoms with Gasteiger partial charge in [0, 0.05) is 12.3 Å². The van der Waals surface area contributed by atoms with E-state index in [2.05, 4.69) is 12.2 Å². The number of hydrogen-bond acceptors (Lipinski definition) is 3. The number of sulfone groups is 1. The molecule has 0 amide bonds. The predicted octanol–water partition coefficient (Wildman–Crippen LogP) is 1.98. The largest absolute Gasteiger partial charge is 0.313 e. The smallest absolute Gasteiger partial charge is 0.150 e. The van der Waals surface area contributed by atoms with Crippen molar-refractivity contribution in [2.45, 2.75) is 56.7 Å². The van der Waals surface area contributed by atoms with Gasteiger partial charge in [0.05, 0.1) is 5.25 Å². The van der Waals surface area contributed by atoms with Crippen LogP contribution >= 0.6 is 0 Å². The van der Waals surface area contributed by atoms with E-state index in [1.807, 2.05) is 0 Å². The van der Waals surface area contributed by atoms with Crippen molar-refractivity contribution in [1.29, 1.82) is 0 Å². The lowest BCUT2D eigenvalue weighted by atomic mass is 9.76. The Morgan fingerprint density at radius 1 is 1.12 bits per heavy atom. The molecule has 2 rings (SSSR count). The Morgan fingerprint density at radius 3 is 2.53 bits per heavy atom. The van der Waals surface area contributed by atoms with Crippen molar-refractivity contribution in [2.24, 2.45) is 11.8 Å². The third-order valence-corrected chi connectivity index (χ3v) is 6.25. The van der Waals surface area contributed by atoms with E-state index in [1.54, 1.807) is 0 Å². The fourth-order valence-electron chi connectivity index (χ4n) is 3.60. The molecule has 0 spiro atoms. The molecule has 1 saturated heterocycles.